The molecular weight excluding hydrogens is 1050 g/mol. The summed E-state index contributed by atoms with van der Waals surface area (Å²) < 4.78 is 39.7. The van der Waals surface area contributed by atoms with Gasteiger partial charge in [-0.25, -0.2) is 4.57 Å². The van der Waals surface area contributed by atoms with Gasteiger partial charge in [0.2, 0.25) is 0 Å². The fourth-order valence-electron chi connectivity index (χ4n) is 9.26. The van der Waals surface area contributed by atoms with Crippen LogP contribution in [-0.2, 0) is 42.2 Å². The topological polar surface area (TPSA) is 155 Å². The van der Waals surface area contributed by atoms with Crippen molar-refractivity contribution in [2.24, 2.45) is 0 Å². The SMILES string of the molecule is CC/C=C\C/C=C\C/C=C\C/C=C\C/C=C\C/C=C\CCC(=O)OCC(COP(=O)(O)OCC(CO)OC(=O)CCCCCCCCC/C=C\CCCCCCCC)OC(=O)CCCCCCCCCCCCCCCCCCCCC. The predicted molar refractivity (Wildman–Crippen MR) is 344 cm³/mol. The van der Waals surface area contributed by atoms with Crippen molar-refractivity contribution in [2.75, 3.05) is 26.4 Å². The summed E-state index contributed by atoms with van der Waals surface area (Å²) in [5.74, 6) is -1.56. The molecule has 0 spiro atoms. The second-order valence-corrected chi connectivity index (χ2v) is 23.7. The van der Waals surface area contributed by atoms with Crippen LogP contribution in [0.4, 0.5) is 0 Å². The number of rotatable bonds is 62. The normalized spacial score (nSPS) is 13.8. The van der Waals surface area contributed by atoms with Gasteiger partial charge in [-0.1, -0.05) is 286 Å². The van der Waals surface area contributed by atoms with E-state index >= 15 is 0 Å². The molecule has 12 heteroatoms. The molecule has 0 aromatic rings. The Kier molecular flexibility index (Phi) is 61.1. The summed E-state index contributed by atoms with van der Waals surface area (Å²) in [5, 5.41) is 9.86. The van der Waals surface area contributed by atoms with Gasteiger partial charge in [0.1, 0.15) is 12.7 Å². The van der Waals surface area contributed by atoms with Crippen LogP contribution in [0.2, 0.25) is 0 Å². The summed E-state index contributed by atoms with van der Waals surface area (Å²) in [4.78, 5) is 48.8. The number of allylic oxidation sites excluding steroid dienone is 14. The molecule has 0 radical (unpaired) electrons. The zero-order chi connectivity index (χ0) is 59.8. The van der Waals surface area contributed by atoms with Gasteiger partial charge in [0.15, 0.2) is 6.10 Å². The number of esters is 3. The van der Waals surface area contributed by atoms with E-state index in [1.165, 1.54) is 161 Å². The Morgan fingerprint density at radius 2 is 0.659 bits per heavy atom. The highest BCUT2D eigenvalue weighted by Gasteiger charge is 2.28. The molecule has 0 aliphatic carbocycles. The van der Waals surface area contributed by atoms with Gasteiger partial charge in [-0.2, -0.15) is 0 Å². The van der Waals surface area contributed by atoms with E-state index in [1.807, 2.05) is 12.2 Å². The number of carbonyl (C=O) groups is 3. The van der Waals surface area contributed by atoms with Crippen LogP contribution in [0.15, 0.2) is 85.1 Å². The van der Waals surface area contributed by atoms with Gasteiger partial charge in [0.25, 0.3) is 0 Å². The summed E-state index contributed by atoms with van der Waals surface area (Å²) in [6, 6.07) is 0. The summed E-state index contributed by atoms with van der Waals surface area (Å²) in [6.07, 6.45) is 75.5. The van der Waals surface area contributed by atoms with Gasteiger partial charge >= 0.3 is 25.7 Å². The Labute approximate surface area is 502 Å². The second-order valence-electron chi connectivity index (χ2n) is 22.3. The zero-order valence-corrected chi connectivity index (χ0v) is 53.6. The van der Waals surface area contributed by atoms with Gasteiger partial charge in [-0.15, -0.1) is 0 Å². The average Bonchev–Trinajstić information content (AvgIpc) is 3.47. The molecular formula is C70H123O11P. The first kappa shape index (κ1) is 78.7. The molecule has 0 heterocycles. The van der Waals surface area contributed by atoms with Gasteiger partial charge in [0, 0.05) is 19.3 Å². The van der Waals surface area contributed by atoms with Crippen LogP contribution in [0.25, 0.3) is 0 Å². The van der Waals surface area contributed by atoms with E-state index in [1.54, 1.807) is 0 Å². The second kappa shape index (κ2) is 63.7. The molecule has 0 aliphatic rings. The fourth-order valence-corrected chi connectivity index (χ4v) is 10.0. The first-order chi connectivity index (χ1) is 40.2. The average molecular weight is 1170 g/mol. The van der Waals surface area contributed by atoms with Crippen LogP contribution in [0.5, 0.6) is 0 Å². The number of aliphatic hydroxyl groups is 1. The van der Waals surface area contributed by atoms with Crippen LogP contribution in [0, 0.1) is 0 Å². The van der Waals surface area contributed by atoms with Crippen LogP contribution >= 0.6 is 7.82 Å². The third-order valence-electron chi connectivity index (χ3n) is 14.3. The molecule has 3 unspecified atom stereocenters. The standard InChI is InChI=1S/C70H123O11P/c1-4-7-10-13-16-19-22-25-28-31-33-36-38-41-44-47-50-53-56-59-68(72)77-63-67(81-70(74)61-58-55-52-49-46-43-40-37-34-32-29-26-23-20-17-14-11-8-5-2)65-79-82(75,76)78-64-66(62-71)80-69(73)60-57-54-51-48-45-42-39-35-30-27-24-21-18-15-12-9-6-3/h7,10,16,19,25,27-28,30,33,36,41,44,50,53,66-67,71H,4-6,8-9,11-15,17-18,20-24,26,29,31-32,34-35,37-40,42-43,45-49,51-52,54-65H2,1-3H3,(H,75,76)/b10-7-,19-16-,28-25-,30-27-,36-33-,44-41-,53-50-. The molecule has 2 N–H and O–H groups in total. The molecule has 82 heavy (non-hydrogen) atoms. The molecule has 0 bridgehead atoms. The Morgan fingerprint density at radius 1 is 0.354 bits per heavy atom. The van der Waals surface area contributed by atoms with Gasteiger partial charge < -0.3 is 24.2 Å². The van der Waals surface area contributed by atoms with Crippen molar-refractivity contribution in [3.63, 3.8) is 0 Å². The van der Waals surface area contributed by atoms with Crippen molar-refractivity contribution in [1.29, 1.82) is 0 Å². The summed E-state index contributed by atoms with van der Waals surface area (Å²) in [5.41, 5.74) is 0. The lowest BCUT2D eigenvalue weighted by molar-refractivity contribution is -0.161. The Balaban J connectivity index is 4.77. The maximum atomic E-state index is 13.0. The third-order valence-corrected chi connectivity index (χ3v) is 15.3. The first-order valence-electron chi connectivity index (χ1n) is 33.5. The minimum Gasteiger partial charge on any atom is -0.462 e. The Bertz CT molecular complexity index is 1700. The van der Waals surface area contributed by atoms with Gasteiger partial charge in [0.05, 0.1) is 19.8 Å². The quantitative estimate of drug-likeness (QED) is 0.0197. The van der Waals surface area contributed by atoms with Gasteiger partial charge in [-0.3, -0.25) is 23.4 Å². The summed E-state index contributed by atoms with van der Waals surface area (Å²) in [6.45, 7) is 4.50. The van der Waals surface area contributed by atoms with Crippen molar-refractivity contribution in [1.82, 2.24) is 0 Å². The number of unbranched alkanes of at least 4 members (excludes halogenated alkanes) is 31. The molecule has 0 fully saturated rings. The molecule has 0 aliphatic heterocycles. The monoisotopic (exact) mass is 1170 g/mol. The van der Waals surface area contributed by atoms with E-state index in [0.717, 1.165) is 83.5 Å². The number of hydrogen-bond donors (Lipinski definition) is 2. The molecule has 0 rings (SSSR count). The Morgan fingerprint density at radius 3 is 1.02 bits per heavy atom. The molecule has 0 saturated carbocycles. The fraction of sp³-hybridized carbons (Fsp3) is 0.757. The maximum absolute atomic E-state index is 13.0. The molecule has 3 atom stereocenters. The van der Waals surface area contributed by atoms with E-state index in [4.69, 9.17) is 23.3 Å². The highest BCUT2D eigenvalue weighted by Crippen LogP contribution is 2.43. The number of aliphatic hydroxyl groups excluding tert-OH is 1. The number of ether oxygens (including phenoxy) is 3. The smallest absolute Gasteiger partial charge is 0.462 e. The molecule has 0 amide bonds. The molecule has 474 valence electrons. The van der Waals surface area contributed by atoms with Crippen molar-refractivity contribution >= 4 is 25.7 Å². The van der Waals surface area contributed by atoms with E-state index in [0.29, 0.717) is 19.3 Å². The van der Waals surface area contributed by atoms with Crippen molar-refractivity contribution in [3.8, 4) is 0 Å². The molecule has 0 aromatic carbocycles. The molecule has 11 nitrogen and oxygen atoms in total. The summed E-state index contributed by atoms with van der Waals surface area (Å²) >= 11 is 0. The minimum atomic E-state index is -4.77. The predicted octanol–water partition coefficient (Wildman–Crippen LogP) is 20.6. The highest BCUT2D eigenvalue weighted by atomic mass is 31.2. The van der Waals surface area contributed by atoms with Gasteiger partial charge in [-0.05, 0) is 83.5 Å². The molecule has 0 saturated heterocycles. The highest BCUT2D eigenvalue weighted by molar-refractivity contribution is 7.47. The third kappa shape index (κ3) is 61.2. The van der Waals surface area contributed by atoms with Crippen molar-refractivity contribution in [3.05, 3.63) is 85.1 Å². The first-order valence-corrected chi connectivity index (χ1v) is 35.0. The zero-order valence-electron chi connectivity index (χ0n) is 52.7. The lowest BCUT2D eigenvalue weighted by Gasteiger charge is -2.21. The maximum Gasteiger partial charge on any atom is 0.472 e. The minimum absolute atomic E-state index is 0.101. The number of phosphoric ester groups is 1. The number of hydrogen-bond acceptors (Lipinski definition) is 10. The van der Waals surface area contributed by atoms with E-state index in [-0.39, 0.29) is 25.9 Å². The number of carbonyl (C=O) groups excluding carboxylic acids is 3. The van der Waals surface area contributed by atoms with Crippen molar-refractivity contribution in [2.45, 2.75) is 315 Å². The largest absolute Gasteiger partial charge is 0.472 e. The Hall–Kier alpha value is -3.34. The summed E-state index contributed by atoms with van der Waals surface area (Å²) in [7, 11) is -4.77. The van der Waals surface area contributed by atoms with Crippen molar-refractivity contribution < 1.29 is 52.2 Å². The van der Waals surface area contributed by atoms with E-state index in [2.05, 4.69) is 93.7 Å². The van der Waals surface area contributed by atoms with E-state index < -0.39 is 57.8 Å². The number of phosphoric acid groups is 1. The lowest BCUT2D eigenvalue weighted by atomic mass is 10.0. The van der Waals surface area contributed by atoms with Crippen LogP contribution in [0.3, 0.4) is 0 Å². The molecule has 0 aromatic heterocycles. The van der Waals surface area contributed by atoms with Crippen LogP contribution < -0.4 is 0 Å². The van der Waals surface area contributed by atoms with Crippen LogP contribution in [0.1, 0.15) is 303 Å². The van der Waals surface area contributed by atoms with E-state index in [9.17, 15) is 28.9 Å². The van der Waals surface area contributed by atoms with Crippen LogP contribution in [-0.4, -0.2) is 66.5 Å². The lowest BCUT2D eigenvalue weighted by Crippen LogP contribution is -2.30.